The summed E-state index contributed by atoms with van der Waals surface area (Å²) in [6, 6.07) is 21.1. The van der Waals surface area contributed by atoms with Gasteiger partial charge in [0.15, 0.2) is 6.61 Å². The lowest BCUT2D eigenvalue weighted by Gasteiger charge is -2.39. The average Bonchev–Trinajstić information content (AvgIpc) is 2.94. The Morgan fingerprint density at radius 2 is 1.77 bits per heavy atom. The van der Waals surface area contributed by atoms with Crippen LogP contribution >= 0.6 is 27.5 Å². The number of carbonyl (C=O) groups excluding carboxylic acids is 1. The standard InChI is InChI=1S/C31H32BrClN4O3/c1-21(2)40-29-13-8-23(32)18-28(29)37-22(3)26-6-4-5-7-27(26)34-30(37)19-35-14-16-36(17-15-35)31(38)20-39-25-11-9-24(33)10-12-25/h4-13,18,21H,3,14-17,19-20H2,1-2H3. The number of amides is 1. The van der Waals surface area contributed by atoms with Crippen LogP contribution in [-0.2, 0) is 4.79 Å². The molecule has 3 aromatic carbocycles. The molecular formula is C31H32BrClN4O3. The molecular weight excluding hydrogens is 592 g/mol. The third kappa shape index (κ3) is 6.52. The summed E-state index contributed by atoms with van der Waals surface area (Å²) in [5, 5.41) is 0.631. The molecule has 1 fully saturated rings. The molecule has 1 amide bonds. The molecule has 0 spiro atoms. The predicted octanol–water partition coefficient (Wildman–Crippen LogP) is 6.63. The average molecular weight is 624 g/mol. The van der Waals surface area contributed by atoms with E-state index in [4.69, 9.17) is 26.1 Å². The number of hydrogen-bond donors (Lipinski definition) is 0. The molecule has 0 saturated carbocycles. The van der Waals surface area contributed by atoms with Gasteiger partial charge in [0.05, 0.1) is 24.0 Å². The van der Waals surface area contributed by atoms with Gasteiger partial charge in [-0.05, 0) is 62.4 Å². The van der Waals surface area contributed by atoms with Crippen LogP contribution in [0.15, 0.2) is 82.8 Å². The van der Waals surface area contributed by atoms with Crippen LogP contribution in [0, 0.1) is 0 Å². The van der Waals surface area contributed by atoms with Crippen molar-refractivity contribution < 1.29 is 14.3 Å². The number of nitrogens with zero attached hydrogens (tertiary/aromatic N) is 4. The van der Waals surface area contributed by atoms with Crippen LogP contribution in [0.1, 0.15) is 19.4 Å². The van der Waals surface area contributed by atoms with Gasteiger partial charge in [0.2, 0.25) is 0 Å². The van der Waals surface area contributed by atoms with Crippen LogP contribution in [0.5, 0.6) is 11.5 Å². The Hall–Kier alpha value is -3.33. The highest BCUT2D eigenvalue weighted by molar-refractivity contribution is 9.10. The molecule has 1 saturated heterocycles. The lowest BCUT2D eigenvalue weighted by Crippen LogP contribution is -2.52. The minimum Gasteiger partial charge on any atom is -0.489 e. The summed E-state index contributed by atoms with van der Waals surface area (Å²) >= 11 is 9.57. The van der Waals surface area contributed by atoms with E-state index in [1.807, 2.05) is 61.2 Å². The quantitative estimate of drug-likeness (QED) is 0.282. The van der Waals surface area contributed by atoms with E-state index in [-0.39, 0.29) is 18.6 Å². The molecule has 7 nitrogen and oxygen atoms in total. The van der Waals surface area contributed by atoms with Gasteiger partial charge >= 0.3 is 0 Å². The summed E-state index contributed by atoms with van der Waals surface area (Å²) in [6.07, 6.45) is 0.0138. The lowest BCUT2D eigenvalue weighted by atomic mass is 10.1. The van der Waals surface area contributed by atoms with E-state index in [1.54, 1.807) is 24.3 Å². The fraction of sp³-hybridized carbons (Fsp3) is 0.290. The van der Waals surface area contributed by atoms with E-state index in [9.17, 15) is 4.79 Å². The third-order valence-corrected chi connectivity index (χ3v) is 7.53. The van der Waals surface area contributed by atoms with Crippen molar-refractivity contribution in [2.45, 2.75) is 20.0 Å². The molecule has 0 aromatic heterocycles. The molecule has 0 radical (unpaired) electrons. The van der Waals surface area contributed by atoms with Crippen LogP contribution in [-0.4, -0.2) is 67.0 Å². The number of anilines is 1. The van der Waals surface area contributed by atoms with Gasteiger partial charge in [-0.2, -0.15) is 0 Å². The molecule has 3 aromatic rings. The first-order chi connectivity index (χ1) is 19.3. The Bertz CT molecular complexity index is 1420. The Morgan fingerprint density at radius 3 is 2.50 bits per heavy atom. The van der Waals surface area contributed by atoms with Gasteiger partial charge in [0.1, 0.15) is 17.3 Å². The molecule has 0 bridgehead atoms. The minimum absolute atomic E-state index is 0.000238. The summed E-state index contributed by atoms with van der Waals surface area (Å²) < 4.78 is 12.8. The number of para-hydroxylation sites is 1. The summed E-state index contributed by atoms with van der Waals surface area (Å²) in [6.45, 7) is 11.8. The molecule has 2 heterocycles. The second kappa shape index (κ2) is 12.5. The molecule has 0 atom stereocenters. The van der Waals surface area contributed by atoms with Crippen molar-refractivity contribution in [3.05, 3.63) is 88.4 Å². The second-order valence-corrected chi connectivity index (χ2v) is 11.4. The lowest BCUT2D eigenvalue weighted by molar-refractivity contribution is -0.135. The maximum atomic E-state index is 12.8. The SMILES string of the molecule is C=C1c2ccccc2N=C(CN2CCN(C(=O)COc3ccc(Cl)cc3)CC2)N1c1cc(Br)ccc1OC(C)C. The molecule has 0 unspecified atom stereocenters. The van der Waals surface area contributed by atoms with E-state index in [1.165, 1.54) is 0 Å². The van der Waals surface area contributed by atoms with Crippen LogP contribution in [0.3, 0.4) is 0 Å². The second-order valence-electron chi connectivity index (χ2n) is 10.0. The number of fused-ring (bicyclic) bond motifs is 1. The zero-order valence-corrected chi connectivity index (χ0v) is 25.0. The van der Waals surface area contributed by atoms with Crippen LogP contribution in [0.2, 0.25) is 5.02 Å². The van der Waals surface area contributed by atoms with Crippen molar-refractivity contribution >= 4 is 56.3 Å². The molecule has 5 rings (SSSR count). The number of aliphatic imine (C=N–C) groups is 1. The number of benzene rings is 3. The molecule has 40 heavy (non-hydrogen) atoms. The number of halogens is 2. The van der Waals surface area contributed by atoms with Crippen molar-refractivity contribution in [3.8, 4) is 11.5 Å². The van der Waals surface area contributed by atoms with Crippen LogP contribution in [0.4, 0.5) is 11.4 Å². The zero-order chi connectivity index (χ0) is 28.2. The highest BCUT2D eigenvalue weighted by Crippen LogP contribution is 2.41. The number of rotatable bonds is 8. The summed E-state index contributed by atoms with van der Waals surface area (Å²) in [5.74, 6) is 2.22. The van der Waals surface area contributed by atoms with Gasteiger partial charge in [-0.1, -0.05) is 52.3 Å². The van der Waals surface area contributed by atoms with Gasteiger partial charge in [-0.15, -0.1) is 0 Å². The van der Waals surface area contributed by atoms with Crippen LogP contribution in [0.25, 0.3) is 5.70 Å². The number of ether oxygens (including phenoxy) is 2. The first kappa shape index (κ1) is 28.2. The van der Waals surface area contributed by atoms with E-state index in [2.05, 4.69) is 32.3 Å². The van der Waals surface area contributed by atoms with Gasteiger partial charge in [0, 0.05) is 46.9 Å². The van der Waals surface area contributed by atoms with E-state index >= 15 is 0 Å². The zero-order valence-electron chi connectivity index (χ0n) is 22.6. The highest BCUT2D eigenvalue weighted by atomic mass is 79.9. The van der Waals surface area contributed by atoms with Crippen molar-refractivity contribution in [1.29, 1.82) is 0 Å². The maximum absolute atomic E-state index is 12.8. The van der Waals surface area contributed by atoms with E-state index in [0.29, 0.717) is 30.4 Å². The maximum Gasteiger partial charge on any atom is 0.260 e. The Morgan fingerprint density at radius 1 is 1.05 bits per heavy atom. The number of piperazine rings is 1. The number of carbonyl (C=O) groups is 1. The first-order valence-corrected chi connectivity index (χ1v) is 14.5. The smallest absolute Gasteiger partial charge is 0.260 e. The molecule has 2 aliphatic heterocycles. The van der Waals surface area contributed by atoms with Crippen molar-refractivity contribution in [2.75, 3.05) is 44.2 Å². The van der Waals surface area contributed by atoms with Crippen molar-refractivity contribution in [1.82, 2.24) is 9.80 Å². The largest absolute Gasteiger partial charge is 0.489 e. The predicted molar refractivity (Wildman–Crippen MR) is 165 cm³/mol. The Kier molecular flexibility index (Phi) is 8.78. The van der Waals surface area contributed by atoms with Gasteiger partial charge < -0.3 is 14.4 Å². The molecule has 9 heteroatoms. The van der Waals surface area contributed by atoms with E-state index < -0.39 is 0 Å². The highest BCUT2D eigenvalue weighted by Gasteiger charge is 2.30. The monoisotopic (exact) mass is 622 g/mol. The topological polar surface area (TPSA) is 57.6 Å². The summed E-state index contributed by atoms with van der Waals surface area (Å²) in [4.78, 5) is 24.2. The van der Waals surface area contributed by atoms with Gasteiger partial charge in [-0.25, -0.2) is 4.99 Å². The van der Waals surface area contributed by atoms with E-state index in [0.717, 1.165) is 51.8 Å². The molecule has 0 N–H and O–H groups in total. The van der Waals surface area contributed by atoms with Crippen molar-refractivity contribution in [3.63, 3.8) is 0 Å². The molecule has 2 aliphatic rings. The summed E-state index contributed by atoms with van der Waals surface area (Å²) in [7, 11) is 0. The molecule has 208 valence electrons. The Labute approximate surface area is 248 Å². The van der Waals surface area contributed by atoms with Crippen LogP contribution < -0.4 is 14.4 Å². The van der Waals surface area contributed by atoms with Gasteiger partial charge in [-0.3, -0.25) is 14.6 Å². The first-order valence-electron chi connectivity index (χ1n) is 13.3. The number of amidine groups is 1. The third-order valence-electron chi connectivity index (χ3n) is 6.78. The minimum atomic E-state index is -0.0295. The summed E-state index contributed by atoms with van der Waals surface area (Å²) in [5.41, 5.74) is 3.61. The fourth-order valence-corrected chi connectivity index (χ4v) is 5.29. The normalized spacial score (nSPS) is 15.6. The van der Waals surface area contributed by atoms with Crippen molar-refractivity contribution in [2.24, 2.45) is 4.99 Å². The number of hydrogen-bond acceptors (Lipinski definition) is 6. The van der Waals surface area contributed by atoms with Gasteiger partial charge in [0.25, 0.3) is 5.91 Å². The molecule has 0 aliphatic carbocycles. The Balaban J connectivity index is 1.31. The fourth-order valence-electron chi connectivity index (χ4n) is 4.81.